The topological polar surface area (TPSA) is 244 Å². The molecule has 0 bridgehead atoms. The Labute approximate surface area is 470 Å². The summed E-state index contributed by atoms with van der Waals surface area (Å²) in [5, 5.41) is 32.2. The molecular weight excluding hydrogens is 1070 g/mol. The Bertz CT molecular complexity index is 1320. The zero-order valence-electron chi connectivity index (χ0n) is 46.3. The number of carboxylic acid groups (broad SMARTS) is 3. The number of rotatable bonds is 50. The van der Waals surface area contributed by atoms with Gasteiger partial charge < -0.3 is 49.8 Å². The number of carbonyl (C=O) groups excluding carboxylic acids is 4. The van der Waals surface area contributed by atoms with E-state index in [4.69, 9.17) is 29.2 Å². The van der Waals surface area contributed by atoms with Crippen LogP contribution < -0.4 is 10.6 Å². The summed E-state index contributed by atoms with van der Waals surface area (Å²) in [5.41, 5.74) is 0. The fourth-order valence-corrected chi connectivity index (χ4v) is 6.44. The molecule has 0 aromatic carbocycles. The van der Waals surface area contributed by atoms with Crippen molar-refractivity contribution in [2.45, 2.75) is 161 Å². The smallest absolute Gasteiger partial charge is 0.323 e. The summed E-state index contributed by atoms with van der Waals surface area (Å²) in [5.74, 6) is -3.92. The van der Waals surface area contributed by atoms with E-state index in [0.29, 0.717) is 51.9 Å². The Morgan fingerprint density at radius 2 is 0.865 bits per heavy atom. The van der Waals surface area contributed by atoms with E-state index in [1.807, 2.05) is 0 Å². The van der Waals surface area contributed by atoms with Gasteiger partial charge in [0.25, 0.3) is 0 Å². The van der Waals surface area contributed by atoms with Crippen molar-refractivity contribution in [3.05, 3.63) is 0 Å². The zero-order valence-corrected chi connectivity index (χ0v) is 51.2. The molecule has 0 aliphatic carbocycles. The lowest BCUT2D eigenvalue weighted by Gasteiger charge is -2.20. The molecule has 438 valence electrons. The Balaban J connectivity index is -0.00000182. The van der Waals surface area contributed by atoms with Gasteiger partial charge in [-0.3, -0.25) is 33.6 Å². The monoisotopic (exact) mass is 1170 g/mol. The van der Waals surface area contributed by atoms with Crippen LogP contribution in [0.4, 0.5) is 0 Å². The van der Waals surface area contributed by atoms with Crippen LogP contribution in [0.3, 0.4) is 0 Å². The molecule has 17 nitrogen and oxygen atoms in total. The fraction of sp³-hybridized carbons (Fsp3) is 0.863. The normalized spacial score (nSPS) is 10.9. The standard InChI is InChI=1S/C45H81N3O14.3C2H6S2/c1-38(45(57)58)21-18-19-26-46-41(51)37-62-34-31-59-29-20-22-39(49)36-61-33-32-60-30-27-47-40(50)25-28-48(35-44(55)56)42(52)23-16-14-12-10-8-6-4-2-3-5-7-9-11-13-15-17-24-43(53)54;3*1-3-4-2/h38H,2-37H2,1H3,(H,46,51)(H,47,50)(H,53,54)(H,55,56)(H,57,58);3*1-2H3/t38-;;;/m0.../s1. The minimum atomic E-state index is -1.12. The minimum absolute atomic E-state index is 0.0154. The number of hydrogen-bond donors (Lipinski definition) is 5. The summed E-state index contributed by atoms with van der Waals surface area (Å²) < 4.78 is 21.5. The first-order valence-electron chi connectivity index (χ1n) is 26.2. The molecule has 0 fully saturated rings. The van der Waals surface area contributed by atoms with Gasteiger partial charge in [-0.05, 0) is 69.6 Å². The van der Waals surface area contributed by atoms with Crippen LogP contribution in [0.15, 0.2) is 0 Å². The number of hydrogen-bond acceptors (Lipinski definition) is 17. The first-order chi connectivity index (χ1) is 35.7. The minimum Gasteiger partial charge on any atom is -0.481 e. The van der Waals surface area contributed by atoms with Gasteiger partial charge in [0.1, 0.15) is 19.8 Å². The van der Waals surface area contributed by atoms with Crippen LogP contribution in [-0.2, 0) is 52.5 Å². The van der Waals surface area contributed by atoms with Crippen molar-refractivity contribution in [2.75, 3.05) is 117 Å². The lowest BCUT2D eigenvalue weighted by atomic mass is 10.0. The molecule has 0 aliphatic rings. The van der Waals surface area contributed by atoms with Crippen molar-refractivity contribution in [2.24, 2.45) is 5.92 Å². The second-order valence-corrected chi connectivity index (χ2v) is 24.9. The third kappa shape index (κ3) is 70.4. The maximum atomic E-state index is 12.7. The van der Waals surface area contributed by atoms with Crippen molar-refractivity contribution in [1.29, 1.82) is 0 Å². The number of unbranched alkanes of at least 4 members (excludes halogenated alkanes) is 16. The third-order valence-electron chi connectivity index (χ3n) is 10.7. The van der Waals surface area contributed by atoms with Crippen LogP contribution in [0.2, 0.25) is 0 Å². The highest BCUT2D eigenvalue weighted by molar-refractivity contribution is 8.76. The number of amides is 3. The summed E-state index contributed by atoms with van der Waals surface area (Å²) in [6.45, 7) is 3.37. The van der Waals surface area contributed by atoms with Crippen molar-refractivity contribution < 1.29 is 67.8 Å². The average molecular weight is 1170 g/mol. The molecule has 74 heavy (non-hydrogen) atoms. The van der Waals surface area contributed by atoms with Crippen molar-refractivity contribution in [1.82, 2.24) is 15.5 Å². The molecule has 0 aromatic heterocycles. The number of nitrogens with one attached hydrogen (secondary N) is 2. The molecule has 0 radical (unpaired) electrons. The Kier molecular flexibility index (Phi) is 70.1. The summed E-state index contributed by atoms with van der Waals surface area (Å²) in [4.78, 5) is 82.7. The van der Waals surface area contributed by atoms with E-state index in [-0.39, 0.29) is 95.5 Å². The average Bonchev–Trinajstić information content (AvgIpc) is 3.38. The van der Waals surface area contributed by atoms with Gasteiger partial charge in [0, 0.05) is 51.9 Å². The molecular formula is C51H99N3O14S6. The first-order valence-corrected chi connectivity index (χ1v) is 35.1. The van der Waals surface area contributed by atoms with E-state index in [1.165, 1.54) is 62.7 Å². The highest BCUT2D eigenvalue weighted by atomic mass is 33.1. The van der Waals surface area contributed by atoms with E-state index in [1.54, 1.807) is 71.7 Å². The van der Waals surface area contributed by atoms with Gasteiger partial charge in [0.15, 0.2) is 5.78 Å². The number of carboxylic acids is 3. The third-order valence-corrected chi connectivity index (χ3v) is 14.7. The van der Waals surface area contributed by atoms with Crippen molar-refractivity contribution in [3.63, 3.8) is 0 Å². The number of carbonyl (C=O) groups is 7. The van der Waals surface area contributed by atoms with E-state index in [2.05, 4.69) is 48.2 Å². The van der Waals surface area contributed by atoms with Gasteiger partial charge in [-0.1, -0.05) is 168 Å². The SMILES string of the molecule is CSSC.CSSC.CSSC.C[C@@H](CCCCNC(=O)COCCOCCCC(=O)COCCOCCNC(=O)CCN(CC(=O)O)C(=O)CCCCCCCCCCCCCCCCCCC(=O)O)C(=O)O. The van der Waals surface area contributed by atoms with Gasteiger partial charge >= 0.3 is 17.9 Å². The molecule has 0 saturated carbocycles. The van der Waals surface area contributed by atoms with Crippen molar-refractivity contribution >= 4 is 106 Å². The lowest BCUT2D eigenvalue weighted by molar-refractivity contribution is -0.145. The maximum absolute atomic E-state index is 12.7. The zero-order chi connectivity index (χ0) is 56.1. The number of Topliss-reactive ketones (excluding diaryl/α,β-unsaturated/α-hetero) is 1. The van der Waals surface area contributed by atoms with Crippen LogP contribution in [0.1, 0.15) is 161 Å². The predicted octanol–water partition coefficient (Wildman–Crippen LogP) is 10.8. The summed E-state index contributed by atoms with van der Waals surface area (Å²) in [6, 6.07) is 0. The first kappa shape index (κ1) is 78.9. The molecule has 3 amide bonds. The van der Waals surface area contributed by atoms with E-state index >= 15 is 0 Å². The molecule has 23 heteroatoms. The summed E-state index contributed by atoms with van der Waals surface area (Å²) in [6.07, 6.45) is 33.5. The predicted molar refractivity (Wildman–Crippen MR) is 315 cm³/mol. The Morgan fingerprint density at radius 3 is 1.32 bits per heavy atom. The van der Waals surface area contributed by atoms with Crippen LogP contribution in [0, 0.1) is 5.92 Å². The van der Waals surface area contributed by atoms with Crippen LogP contribution in [0.5, 0.6) is 0 Å². The second-order valence-electron chi connectivity index (χ2n) is 16.9. The quantitative estimate of drug-likeness (QED) is 0.0281. The van der Waals surface area contributed by atoms with Gasteiger partial charge in [0.2, 0.25) is 17.7 Å². The highest BCUT2D eigenvalue weighted by Gasteiger charge is 2.18. The number of ether oxygens (including phenoxy) is 4. The number of aliphatic carboxylic acids is 3. The van der Waals surface area contributed by atoms with Gasteiger partial charge in [-0.2, -0.15) is 0 Å². The Hall–Kier alpha value is -1.57. The molecule has 0 heterocycles. The second kappa shape index (κ2) is 65.7. The summed E-state index contributed by atoms with van der Waals surface area (Å²) >= 11 is 0. The maximum Gasteiger partial charge on any atom is 0.323 e. The van der Waals surface area contributed by atoms with E-state index < -0.39 is 30.4 Å². The van der Waals surface area contributed by atoms with E-state index in [0.717, 1.165) is 44.9 Å². The Morgan fingerprint density at radius 1 is 0.432 bits per heavy atom. The van der Waals surface area contributed by atoms with Gasteiger partial charge in [0.05, 0.1) is 39.0 Å². The van der Waals surface area contributed by atoms with Crippen LogP contribution in [0.25, 0.3) is 0 Å². The molecule has 0 aliphatic heterocycles. The summed E-state index contributed by atoms with van der Waals surface area (Å²) in [7, 11) is 10.6. The highest BCUT2D eigenvalue weighted by Crippen LogP contribution is 2.15. The molecule has 0 spiro atoms. The molecule has 0 aromatic rings. The van der Waals surface area contributed by atoms with E-state index in [9.17, 15) is 38.7 Å². The van der Waals surface area contributed by atoms with Crippen LogP contribution in [-0.4, -0.2) is 178 Å². The van der Waals surface area contributed by atoms with Crippen molar-refractivity contribution in [3.8, 4) is 0 Å². The molecule has 0 saturated heterocycles. The van der Waals surface area contributed by atoms with Crippen LogP contribution >= 0.6 is 64.8 Å². The number of ketones is 1. The molecule has 0 rings (SSSR count). The fourth-order valence-electron chi connectivity index (χ4n) is 6.44. The molecule has 0 unspecified atom stereocenters. The largest absolute Gasteiger partial charge is 0.481 e. The van der Waals surface area contributed by atoms with Gasteiger partial charge in [-0.25, -0.2) is 0 Å². The molecule has 5 N–H and O–H groups in total. The lowest BCUT2D eigenvalue weighted by Crippen LogP contribution is -2.39. The van der Waals surface area contributed by atoms with Gasteiger partial charge in [-0.15, -0.1) is 0 Å². The number of nitrogens with zero attached hydrogens (tertiary/aromatic N) is 1. The molecule has 1 atom stereocenters.